The van der Waals surface area contributed by atoms with Crippen LogP contribution in [0.3, 0.4) is 0 Å². The average molecular weight is 251 g/mol. The standard InChI is InChI=1S/C11H13N3O2S/c1-14-10-8(4-2-6-12-10)13-11(14)9-5-3-7-17(9,15)16/h2,4,6,9H,3,5,7H2,1H3. The van der Waals surface area contributed by atoms with Crippen LogP contribution in [0.4, 0.5) is 0 Å². The molecule has 0 radical (unpaired) electrons. The third kappa shape index (κ3) is 1.55. The Hall–Kier alpha value is -1.43. The molecule has 17 heavy (non-hydrogen) atoms. The lowest BCUT2D eigenvalue weighted by atomic mass is 10.2. The van der Waals surface area contributed by atoms with Crippen LogP contribution in [0.25, 0.3) is 11.2 Å². The van der Waals surface area contributed by atoms with Gasteiger partial charge in [-0.2, -0.15) is 0 Å². The Labute approximate surface area is 99.4 Å². The van der Waals surface area contributed by atoms with E-state index in [9.17, 15) is 8.42 Å². The van der Waals surface area contributed by atoms with E-state index in [4.69, 9.17) is 0 Å². The maximum absolute atomic E-state index is 11.9. The van der Waals surface area contributed by atoms with E-state index in [2.05, 4.69) is 9.97 Å². The molecule has 1 unspecified atom stereocenters. The molecule has 3 heterocycles. The minimum atomic E-state index is -3.02. The molecule has 1 aliphatic heterocycles. The molecule has 0 bridgehead atoms. The molecule has 0 saturated carbocycles. The topological polar surface area (TPSA) is 64.8 Å². The van der Waals surface area contributed by atoms with E-state index in [1.807, 2.05) is 19.2 Å². The number of aryl methyl sites for hydroxylation is 1. The molecule has 0 aromatic carbocycles. The first-order chi connectivity index (χ1) is 8.09. The lowest BCUT2D eigenvalue weighted by Gasteiger charge is -2.08. The van der Waals surface area contributed by atoms with E-state index >= 15 is 0 Å². The van der Waals surface area contributed by atoms with E-state index in [0.29, 0.717) is 12.2 Å². The molecule has 0 aliphatic carbocycles. The van der Waals surface area contributed by atoms with Crippen molar-refractivity contribution in [2.24, 2.45) is 7.05 Å². The van der Waals surface area contributed by atoms with Crippen LogP contribution in [0.15, 0.2) is 18.3 Å². The number of fused-ring (bicyclic) bond motifs is 1. The van der Waals surface area contributed by atoms with Crippen LogP contribution in [0.1, 0.15) is 23.9 Å². The number of pyridine rings is 1. The van der Waals surface area contributed by atoms with E-state index in [1.165, 1.54) is 0 Å². The van der Waals surface area contributed by atoms with Crippen LogP contribution < -0.4 is 0 Å². The van der Waals surface area contributed by atoms with Gasteiger partial charge >= 0.3 is 0 Å². The Kier molecular flexibility index (Phi) is 2.22. The Morgan fingerprint density at radius 3 is 2.94 bits per heavy atom. The van der Waals surface area contributed by atoms with Gasteiger partial charge in [-0.3, -0.25) is 0 Å². The first-order valence-electron chi connectivity index (χ1n) is 5.58. The maximum atomic E-state index is 11.9. The number of hydrogen-bond acceptors (Lipinski definition) is 4. The summed E-state index contributed by atoms with van der Waals surface area (Å²) in [5.74, 6) is 0.894. The fourth-order valence-corrected chi connectivity index (χ4v) is 4.32. The third-order valence-electron chi connectivity index (χ3n) is 3.28. The largest absolute Gasteiger partial charge is 0.315 e. The molecule has 2 aromatic rings. The van der Waals surface area contributed by atoms with Crippen LogP contribution in [0.5, 0.6) is 0 Å². The molecular weight excluding hydrogens is 238 g/mol. The van der Waals surface area contributed by atoms with Crippen molar-refractivity contribution in [1.29, 1.82) is 0 Å². The van der Waals surface area contributed by atoms with Crippen LogP contribution in [0.2, 0.25) is 0 Å². The molecule has 90 valence electrons. The highest BCUT2D eigenvalue weighted by atomic mass is 32.2. The predicted octanol–water partition coefficient (Wildman–Crippen LogP) is 1.22. The van der Waals surface area contributed by atoms with Gasteiger partial charge in [0.1, 0.15) is 16.6 Å². The lowest BCUT2D eigenvalue weighted by molar-refractivity contribution is 0.586. The molecule has 6 heteroatoms. The predicted molar refractivity (Wildman–Crippen MR) is 64.3 cm³/mol. The zero-order valence-electron chi connectivity index (χ0n) is 9.50. The fourth-order valence-electron chi connectivity index (χ4n) is 2.41. The van der Waals surface area contributed by atoms with Gasteiger partial charge in [0.2, 0.25) is 0 Å². The number of sulfone groups is 1. The molecule has 1 atom stereocenters. The minimum Gasteiger partial charge on any atom is -0.315 e. The van der Waals surface area contributed by atoms with Gasteiger partial charge in [-0.25, -0.2) is 18.4 Å². The van der Waals surface area contributed by atoms with E-state index < -0.39 is 15.1 Å². The van der Waals surface area contributed by atoms with Crippen LogP contribution in [-0.4, -0.2) is 28.7 Å². The number of hydrogen-bond donors (Lipinski definition) is 0. The van der Waals surface area contributed by atoms with Crippen molar-refractivity contribution in [2.75, 3.05) is 5.75 Å². The van der Waals surface area contributed by atoms with Crippen molar-refractivity contribution in [3.63, 3.8) is 0 Å². The number of imidazole rings is 1. The third-order valence-corrected chi connectivity index (χ3v) is 5.45. The molecule has 0 amide bonds. The summed E-state index contributed by atoms with van der Waals surface area (Å²) in [6.45, 7) is 0. The first-order valence-corrected chi connectivity index (χ1v) is 7.30. The minimum absolute atomic E-state index is 0.272. The average Bonchev–Trinajstić information content (AvgIpc) is 2.80. The molecule has 2 aromatic heterocycles. The molecular formula is C11H13N3O2S. The number of nitrogens with zero attached hydrogens (tertiary/aromatic N) is 3. The Bertz CT molecular complexity index is 675. The molecule has 1 saturated heterocycles. The SMILES string of the molecule is Cn1c(C2CCCS2(=O)=O)nc2cccnc21. The normalized spacial score (nSPS) is 23.2. The van der Waals surface area contributed by atoms with Gasteiger partial charge in [-0.1, -0.05) is 0 Å². The lowest BCUT2D eigenvalue weighted by Crippen LogP contribution is -2.12. The summed E-state index contributed by atoms with van der Waals surface area (Å²) < 4.78 is 25.6. The van der Waals surface area contributed by atoms with Crippen molar-refractivity contribution in [3.05, 3.63) is 24.2 Å². The number of rotatable bonds is 1. The van der Waals surface area contributed by atoms with Gasteiger partial charge < -0.3 is 4.57 Å². The van der Waals surface area contributed by atoms with Crippen molar-refractivity contribution >= 4 is 21.0 Å². The second-order valence-electron chi connectivity index (χ2n) is 4.37. The highest BCUT2D eigenvalue weighted by Crippen LogP contribution is 2.34. The Morgan fingerprint density at radius 2 is 2.29 bits per heavy atom. The van der Waals surface area contributed by atoms with Crippen LogP contribution in [0, 0.1) is 0 Å². The summed E-state index contributed by atoms with van der Waals surface area (Å²) in [7, 11) is -1.20. The zero-order valence-corrected chi connectivity index (χ0v) is 10.3. The van der Waals surface area contributed by atoms with Gasteiger partial charge in [-0.05, 0) is 25.0 Å². The fraction of sp³-hybridized carbons (Fsp3) is 0.455. The molecule has 0 N–H and O–H groups in total. The molecule has 1 fully saturated rings. The Morgan fingerprint density at radius 1 is 1.47 bits per heavy atom. The highest BCUT2D eigenvalue weighted by Gasteiger charge is 2.36. The summed E-state index contributed by atoms with van der Waals surface area (Å²) in [6, 6.07) is 3.66. The van der Waals surface area contributed by atoms with Crippen molar-refractivity contribution in [3.8, 4) is 0 Å². The maximum Gasteiger partial charge on any atom is 0.160 e. The molecule has 3 rings (SSSR count). The van der Waals surface area contributed by atoms with Crippen molar-refractivity contribution < 1.29 is 8.42 Å². The zero-order chi connectivity index (χ0) is 12.0. The first kappa shape index (κ1) is 10.7. The van der Waals surface area contributed by atoms with Gasteiger partial charge in [0.25, 0.3) is 0 Å². The van der Waals surface area contributed by atoms with E-state index in [-0.39, 0.29) is 5.75 Å². The smallest absolute Gasteiger partial charge is 0.160 e. The molecule has 0 spiro atoms. The second kappa shape index (κ2) is 3.53. The summed E-state index contributed by atoms with van der Waals surface area (Å²) in [4.78, 5) is 8.64. The molecule has 1 aliphatic rings. The Balaban J connectivity index is 2.22. The summed E-state index contributed by atoms with van der Waals surface area (Å²) >= 11 is 0. The van der Waals surface area contributed by atoms with Crippen molar-refractivity contribution in [1.82, 2.24) is 14.5 Å². The summed E-state index contributed by atoms with van der Waals surface area (Å²) in [5.41, 5.74) is 1.50. The second-order valence-corrected chi connectivity index (χ2v) is 6.68. The summed E-state index contributed by atoms with van der Waals surface area (Å²) in [6.07, 6.45) is 3.08. The van der Waals surface area contributed by atoms with E-state index in [0.717, 1.165) is 17.6 Å². The van der Waals surface area contributed by atoms with E-state index in [1.54, 1.807) is 10.8 Å². The van der Waals surface area contributed by atoms with Gasteiger partial charge in [0, 0.05) is 13.2 Å². The van der Waals surface area contributed by atoms with Gasteiger partial charge in [0.05, 0.1) is 5.75 Å². The summed E-state index contributed by atoms with van der Waals surface area (Å²) in [5, 5.41) is -0.457. The van der Waals surface area contributed by atoms with Crippen LogP contribution >= 0.6 is 0 Å². The van der Waals surface area contributed by atoms with Crippen LogP contribution in [-0.2, 0) is 16.9 Å². The number of aromatic nitrogens is 3. The van der Waals surface area contributed by atoms with Crippen molar-refractivity contribution in [2.45, 2.75) is 18.1 Å². The highest BCUT2D eigenvalue weighted by molar-refractivity contribution is 7.91. The van der Waals surface area contributed by atoms with Gasteiger partial charge in [0.15, 0.2) is 15.5 Å². The molecule has 5 nitrogen and oxygen atoms in total. The quantitative estimate of drug-likeness (QED) is 0.764. The van der Waals surface area contributed by atoms with Gasteiger partial charge in [-0.15, -0.1) is 0 Å². The monoisotopic (exact) mass is 251 g/mol.